The van der Waals surface area contributed by atoms with Crippen molar-refractivity contribution in [2.24, 2.45) is 0 Å². The predicted molar refractivity (Wildman–Crippen MR) is 72.2 cm³/mol. The second-order valence-electron chi connectivity index (χ2n) is 4.28. The van der Waals surface area contributed by atoms with Gasteiger partial charge in [-0.1, -0.05) is 42.5 Å². The first-order valence-electron chi connectivity index (χ1n) is 6.28. The molecule has 4 heteroatoms. The molecule has 0 aliphatic carbocycles. The van der Waals surface area contributed by atoms with Crippen LogP contribution in [0.1, 0.15) is 22.3 Å². The van der Waals surface area contributed by atoms with Crippen LogP contribution < -0.4 is 4.74 Å². The lowest BCUT2D eigenvalue weighted by Crippen LogP contribution is -2.08. The number of carbonyl (C=O) groups excluding carboxylic acids is 1. The Hall–Kier alpha value is -2.23. The van der Waals surface area contributed by atoms with Gasteiger partial charge in [0.2, 0.25) is 0 Å². The van der Waals surface area contributed by atoms with E-state index in [1.165, 1.54) is 12.1 Å². The molecule has 2 aromatic carbocycles. The van der Waals surface area contributed by atoms with Gasteiger partial charge in [-0.2, -0.15) is 8.78 Å². The summed E-state index contributed by atoms with van der Waals surface area (Å²) < 4.78 is 28.9. The van der Waals surface area contributed by atoms with Crippen LogP contribution in [-0.2, 0) is 6.42 Å². The highest BCUT2D eigenvalue weighted by atomic mass is 19.2. The summed E-state index contributed by atoms with van der Waals surface area (Å²) in [7, 11) is 0. The lowest BCUT2D eigenvalue weighted by Gasteiger charge is -2.09. The maximum absolute atomic E-state index is 12.3. The van der Waals surface area contributed by atoms with Crippen molar-refractivity contribution in [3.8, 4) is 5.75 Å². The summed E-state index contributed by atoms with van der Waals surface area (Å²) in [5.41, 5.74) is 1.23. The molecule has 2 nitrogen and oxygen atoms in total. The van der Waals surface area contributed by atoms with Gasteiger partial charge < -0.3 is 4.74 Å². The van der Waals surface area contributed by atoms with E-state index in [2.05, 4.69) is 4.74 Å². The molecule has 104 valence electrons. The molecule has 0 N–H and O–H groups in total. The molecule has 0 bridgehead atoms. The summed E-state index contributed by atoms with van der Waals surface area (Å²) in [6.07, 6.45) is 0.830. The van der Waals surface area contributed by atoms with Gasteiger partial charge in [0.25, 0.3) is 0 Å². The minimum absolute atomic E-state index is 0.0689. The first kappa shape index (κ1) is 14.2. The van der Waals surface area contributed by atoms with E-state index >= 15 is 0 Å². The van der Waals surface area contributed by atoms with Crippen molar-refractivity contribution in [1.29, 1.82) is 0 Å². The summed E-state index contributed by atoms with van der Waals surface area (Å²) in [6, 6.07) is 15.6. The Kier molecular flexibility index (Phi) is 4.82. The van der Waals surface area contributed by atoms with Crippen molar-refractivity contribution in [2.45, 2.75) is 19.5 Å². The van der Waals surface area contributed by atoms with Crippen LogP contribution in [0.2, 0.25) is 0 Å². The Bertz CT molecular complexity index is 568. The van der Waals surface area contributed by atoms with Crippen molar-refractivity contribution in [3.05, 3.63) is 65.7 Å². The van der Waals surface area contributed by atoms with Crippen LogP contribution in [-0.4, -0.2) is 12.4 Å². The monoisotopic (exact) mass is 275 g/mol. The highest BCUT2D eigenvalue weighted by molar-refractivity contribution is 5.98. The molecule has 0 spiro atoms. The average Bonchev–Trinajstić information content (AvgIpc) is 2.46. The first-order chi connectivity index (χ1) is 9.66. The summed E-state index contributed by atoms with van der Waals surface area (Å²) in [5, 5.41) is 0. The van der Waals surface area contributed by atoms with Crippen LogP contribution in [0.15, 0.2) is 54.6 Å². The highest BCUT2D eigenvalue weighted by Gasteiger charge is 2.14. The van der Waals surface area contributed by atoms with E-state index in [1.807, 2.05) is 30.3 Å². The Morgan fingerprint density at radius 1 is 1.00 bits per heavy atom. The van der Waals surface area contributed by atoms with Gasteiger partial charge in [0.05, 0.1) is 5.56 Å². The van der Waals surface area contributed by atoms with Crippen LogP contribution in [0.25, 0.3) is 0 Å². The van der Waals surface area contributed by atoms with Crippen LogP contribution in [0.3, 0.4) is 0 Å². The molecule has 20 heavy (non-hydrogen) atoms. The van der Waals surface area contributed by atoms with Crippen LogP contribution in [0.4, 0.5) is 8.78 Å². The van der Waals surface area contributed by atoms with Gasteiger partial charge in [-0.25, -0.2) is 0 Å². The number of alkyl halides is 2. The van der Waals surface area contributed by atoms with E-state index in [1.54, 1.807) is 12.1 Å². The third-order valence-electron chi connectivity index (χ3n) is 2.89. The van der Waals surface area contributed by atoms with Gasteiger partial charge >= 0.3 is 6.61 Å². The molecule has 0 amide bonds. The average molecular weight is 275 g/mol. The number of halogens is 2. The summed E-state index contributed by atoms with van der Waals surface area (Å²) in [4.78, 5) is 12.1. The van der Waals surface area contributed by atoms with Gasteiger partial charge in [0.15, 0.2) is 5.78 Å². The SMILES string of the molecule is O=C(CCc1ccccc1)c1ccccc1OC(F)[18F]. The van der Waals surface area contributed by atoms with E-state index in [9.17, 15) is 13.6 Å². The molecule has 0 saturated heterocycles. The standard InChI is InChI=1S/C16H14F2O2/c17-16(18)20-15-9-5-4-8-13(15)14(19)11-10-12-6-2-1-3-7-12/h1-9,16H,10-11H2/i17-1. The van der Waals surface area contributed by atoms with Gasteiger partial charge in [0.1, 0.15) is 5.75 Å². The molecule has 2 aromatic rings. The number of carbonyl (C=O) groups is 1. The predicted octanol–water partition coefficient (Wildman–Crippen LogP) is 4.10. The van der Waals surface area contributed by atoms with Crippen molar-refractivity contribution in [1.82, 2.24) is 0 Å². The smallest absolute Gasteiger partial charge is 0.387 e. The topological polar surface area (TPSA) is 26.3 Å². The van der Waals surface area contributed by atoms with Crippen molar-refractivity contribution in [3.63, 3.8) is 0 Å². The third kappa shape index (κ3) is 3.88. The summed E-state index contributed by atoms with van der Waals surface area (Å²) >= 11 is 0. The first-order valence-corrected chi connectivity index (χ1v) is 6.28. The highest BCUT2D eigenvalue weighted by Crippen LogP contribution is 2.22. The van der Waals surface area contributed by atoms with Crippen LogP contribution in [0, 0.1) is 0 Å². The Balaban J connectivity index is 2.05. The fourth-order valence-corrected chi connectivity index (χ4v) is 1.93. The minimum atomic E-state index is -2.93. The molecule has 0 saturated carbocycles. The third-order valence-corrected chi connectivity index (χ3v) is 2.89. The molecule has 1 atom stereocenters. The number of hydrogen-bond acceptors (Lipinski definition) is 2. The number of hydrogen-bond donors (Lipinski definition) is 0. The number of ether oxygens (including phenoxy) is 1. The van der Waals surface area contributed by atoms with E-state index in [0.717, 1.165) is 5.56 Å². The maximum atomic E-state index is 12.3. The Labute approximate surface area is 116 Å². The second-order valence-corrected chi connectivity index (χ2v) is 4.28. The van der Waals surface area contributed by atoms with Crippen molar-refractivity contribution in [2.75, 3.05) is 0 Å². The van der Waals surface area contributed by atoms with E-state index in [4.69, 9.17) is 0 Å². The molecule has 0 aliphatic rings. The number of aryl methyl sites for hydroxylation is 1. The van der Waals surface area contributed by atoms with Crippen molar-refractivity contribution >= 4 is 5.78 Å². The number of Topliss-reactive ketones (excluding diaryl/α,β-unsaturated/α-hetero) is 1. The zero-order chi connectivity index (χ0) is 14.4. The largest absolute Gasteiger partial charge is 0.434 e. The molecular weight excluding hydrogens is 261 g/mol. The van der Waals surface area contributed by atoms with Crippen LogP contribution in [0.5, 0.6) is 5.75 Å². The van der Waals surface area contributed by atoms with Crippen molar-refractivity contribution < 1.29 is 18.3 Å². The molecule has 1 unspecified atom stereocenters. The number of para-hydroxylation sites is 1. The van der Waals surface area contributed by atoms with Gasteiger partial charge in [-0.3, -0.25) is 4.79 Å². The molecule has 0 heterocycles. The molecule has 0 aromatic heterocycles. The Morgan fingerprint density at radius 3 is 2.35 bits per heavy atom. The lowest BCUT2D eigenvalue weighted by molar-refractivity contribution is -0.0501. The molecule has 2 rings (SSSR count). The van der Waals surface area contributed by atoms with E-state index in [0.29, 0.717) is 6.42 Å². The van der Waals surface area contributed by atoms with Gasteiger partial charge in [0, 0.05) is 6.42 Å². The number of rotatable bonds is 6. The zero-order valence-corrected chi connectivity index (χ0v) is 10.8. The summed E-state index contributed by atoms with van der Waals surface area (Å²) in [6.45, 7) is -2.93. The fraction of sp³-hybridized carbons (Fsp3) is 0.188. The number of ketones is 1. The lowest BCUT2D eigenvalue weighted by atomic mass is 10.0. The number of benzene rings is 2. The van der Waals surface area contributed by atoms with E-state index < -0.39 is 6.61 Å². The second kappa shape index (κ2) is 6.80. The van der Waals surface area contributed by atoms with Gasteiger partial charge in [-0.15, -0.1) is 0 Å². The fourth-order valence-electron chi connectivity index (χ4n) is 1.93. The Morgan fingerprint density at radius 2 is 1.65 bits per heavy atom. The quantitative estimate of drug-likeness (QED) is 0.742. The normalized spacial score (nSPS) is 11.9. The van der Waals surface area contributed by atoms with Crippen LogP contribution >= 0.6 is 0 Å². The molecule has 0 fully saturated rings. The zero-order valence-electron chi connectivity index (χ0n) is 10.8. The maximum Gasteiger partial charge on any atom is 0.387 e. The molecule has 0 aliphatic heterocycles. The minimum Gasteiger partial charge on any atom is -0.434 e. The van der Waals surface area contributed by atoms with Gasteiger partial charge in [-0.05, 0) is 24.1 Å². The molecular formula is C16H14F2O2. The van der Waals surface area contributed by atoms with E-state index in [-0.39, 0.29) is 23.5 Å². The summed E-state index contributed by atoms with van der Waals surface area (Å²) in [5.74, 6) is -0.273. The molecule has 0 radical (unpaired) electrons.